The number of aromatic nitrogens is 2. The van der Waals surface area contributed by atoms with Gasteiger partial charge in [0, 0.05) is 5.56 Å². The summed E-state index contributed by atoms with van der Waals surface area (Å²) in [6.45, 7) is 7.28. The van der Waals surface area contributed by atoms with Crippen molar-refractivity contribution in [3.05, 3.63) is 27.6 Å². The van der Waals surface area contributed by atoms with E-state index in [0.717, 1.165) is 16.9 Å². The van der Waals surface area contributed by atoms with E-state index < -0.39 is 5.97 Å². The molecule has 0 atom stereocenters. The van der Waals surface area contributed by atoms with Crippen molar-refractivity contribution in [2.45, 2.75) is 34.1 Å². The Hall–Kier alpha value is -2.22. The summed E-state index contributed by atoms with van der Waals surface area (Å²) in [6.07, 6.45) is 0.147. The second-order valence-electron chi connectivity index (χ2n) is 4.68. The standard InChI is InChI=1S/C14H17N3O4S/c1-5-20-13(19)12-8(3)15-14(22-12)16-11(18)6-10-7(2)17-21-9(10)4/h5-6H2,1-4H3,(H,15,16,18). The minimum atomic E-state index is -0.427. The predicted octanol–water partition coefficient (Wildman–Crippen LogP) is 2.41. The summed E-state index contributed by atoms with van der Waals surface area (Å²) in [4.78, 5) is 28.4. The molecule has 1 amide bonds. The van der Waals surface area contributed by atoms with Crippen molar-refractivity contribution in [3.8, 4) is 0 Å². The lowest BCUT2D eigenvalue weighted by molar-refractivity contribution is -0.115. The van der Waals surface area contributed by atoms with Gasteiger partial charge in [-0.1, -0.05) is 16.5 Å². The second kappa shape index (κ2) is 6.69. The van der Waals surface area contributed by atoms with Crippen molar-refractivity contribution >= 4 is 28.3 Å². The Labute approximate surface area is 131 Å². The minimum absolute atomic E-state index is 0.147. The molecule has 1 N–H and O–H groups in total. The molecule has 0 aliphatic heterocycles. The van der Waals surface area contributed by atoms with Gasteiger partial charge in [-0.2, -0.15) is 0 Å². The summed E-state index contributed by atoms with van der Waals surface area (Å²) in [5, 5.41) is 6.87. The molecular weight excluding hydrogens is 306 g/mol. The van der Waals surface area contributed by atoms with E-state index in [1.807, 2.05) is 0 Å². The Balaban J connectivity index is 2.06. The largest absolute Gasteiger partial charge is 0.462 e. The van der Waals surface area contributed by atoms with Crippen LogP contribution >= 0.6 is 11.3 Å². The molecule has 0 saturated carbocycles. The SMILES string of the molecule is CCOC(=O)c1sc(NC(=O)Cc2c(C)noc2C)nc1C. The lowest BCUT2D eigenvalue weighted by Crippen LogP contribution is -2.15. The van der Waals surface area contributed by atoms with E-state index in [1.54, 1.807) is 27.7 Å². The third-order valence-electron chi connectivity index (χ3n) is 3.02. The van der Waals surface area contributed by atoms with Crippen LogP contribution in [0.15, 0.2) is 4.52 Å². The van der Waals surface area contributed by atoms with Crippen molar-refractivity contribution in [3.63, 3.8) is 0 Å². The van der Waals surface area contributed by atoms with Crippen LogP contribution in [-0.2, 0) is 16.0 Å². The minimum Gasteiger partial charge on any atom is -0.462 e. The summed E-state index contributed by atoms with van der Waals surface area (Å²) >= 11 is 1.10. The van der Waals surface area contributed by atoms with E-state index in [0.29, 0.717) is 33.8 Å². The lowest BCUT2D eigenvalue weighted by atomic mass is 10.1. The molecule has 0 aliphatic rings. The van der Waals surface area contributed by atoms with Crippen LogP contribution in [0, 0.1) is 20.8 Å². The van der Waals surface area contributed by atoms with Gasteiger partial charge in [0.25, 0.3) is 0 Å². The zero-order valence-corrected chi connectivity index (χ0v) is 13.7. The molecule has 0 saturated heterocycles. The normalized spacial score (nSPS) is 10.5. The molecule has 2 aromatic rings. The fourth-order valence-corrected chi connectivity index (χ4v) is 2.79. The van der Waals surface area contributed by atoms with Gasteiger partial charge in [0.05, 0.1) is 24.4 Å². The fourth-order valence-electron chi connectivity index (χ4n) is 1.91. The Kier molecular flexibility index (Phi) is 4.92. The first-order chi connectivity index (χ1) is 10.4. The van der Waals surface area contributed by atoms with Crippen molar-refractivity contribution < 1.29 is 18.8 Å². The molecule has 8 heteroatoms. The van der Waals surface area contributed by atoms with E-state index >= 15 is 0 Å². The predicted molar refractivity (Wildman–Crippen MR) is 81.1 cm³/mol. The zero-order valence-electron chi connectivity index (χ0n) is 12.8. The fraction of sp³-hybridized carbons (Fsp3) is 0.429. The van der Waals surface area contributed by atoms with Gasteiger partial charge in [0.1, 0.15) is 10.6 Å². The quantitative estimate of drug-likeness (QED) is 0.849. The number of hydrogen-bond donors (Lipinski definition) is 1. The number of nitrogens with zero attached hydrogens (tertiary/aromatic N) is 2. The summed E-state index contributed by atoms with van der Waals surface area (Å²) in [5.41, 5.74) is 1.99. The van der Waals surface area contributed by atoms with Gasteiger partial charge >= 0.3 is 5.97 Å². The number of carbonyl (C=O) groups is 2. The Morgan fingerprint density at radius 3 is 2.59 bits per heavy atom. The summed E-state index contributed by atoms with van der Waals surface area (Å²) in [7, 11) is 0. The molecule has 0 fully saturated rings. The first-order valence-electron chi connectivity index (χ1n) is 6.78. The molecular formula is C14H17N3O4S. The number of esters is 1. The smallest absolute Gasteiger partial charge is 0.350 e. The number of nitrogens with one attached hydrogen (secondary N) is 1. The van der Waals surface area contributed by atoms with Gasteiger partial charge in [0.15, 0.2) is 5.13 Å². The molecule has 7 nitrogen and oxygen atoms in total. The average Bonchev–Trinajstić information content (AvgIpc) is 2.96. The molecule has 22 heavy (non-hydrogen) atoms. The third kappa shape index (κ3) is 3.51. The molecule has 0 spiro atoms. The van der Waals surface area contributed by atoms with Crippen molar-refractivity contribution in [1.29, 1.82) is 0 Å². The van der Waals surface area contributed by atoms with Gasteiger partial charge in [-0.25, -0.2) is 9.78 Å². The number of thiazole rings is 1. The topological polar surface area (TPSA) is 94.3 Å². The van der Waals surface area contributed by atoms with Crippen LogP contribution in [-0.4, -0.2) is 28.6 Å². The number of anilines is 1. The highest BCUT2D eigenvalue weighted by Crippen LogP contribution is 2.24. The number of amides is 1. The van der Waals surface area contributed by atoms with E-state index in [1.165, 1.54) is 0 Å². The Morgan fingerprint density at radius 1 is 1.27 bits per heavy atom. The highest BCUT2D eigenvalue weighted by molar-refractivity contribution is 7.17. The molecule has 0 aliphatic carbocycles. The molecule has 118 valence electrons. The highest BCUT2D eigenvalue weighted by Gasteiger charge is 2.19. The lowest BCUT2D eigenvalue weighted by Gasteiger charge is -2.01. The second-order valence-corrected chi connectivity index (χ2v) is 5.68. The van der Waals surface area contributed by atoms with Crippen LogP contribution in [0.4, 0.5) is 5.13 Å². The average molecular weight is 323 g/mol. The molecule has 2 heterocycles. The van der Waals surface area contributed by atoms with Crippen molar-refractivity contribution in [1.82, 2.24) is 10.1 Å². The summed E-state index contributed by atoms with van der Waals surface area (Å²) in [6, 6.07) is 0. The maximum absolute atomic E-state index is 12.1. The zero-order chi connectivity index (χ0) is 16.3. The first kappa shape index (κ1) is 16.2. The van der Waals surface area contributed by atoms with Crippen LogP contribution in [0.2, 0.25) is 0 Å². The Morgan fingerprint density at radius 2 is 2.00 bits per heavy atom. The number of ether oxygens (including phenoxy) is 1. The maximum Gasteiger partial charge on any atom is 0.350 e. The molecule has 0 aromatic carbocycles. The van der Waals surface area contributed by atoms with Crippen molar-refractivity contribution in [2.24, 2.45) is 0 Å². The molecule has 0 radical (unpaired) electrons. The highest BCUT2D eigenvalue weighted by atomic mass is 32.1. The van der Waals surface area contributed by atoms with E-state index in [4.69, 9.17) is 9.26 Å². The van der Waals surface area contributed by atoms with E-state index in [-0.39, 0.29) is 12.3 Å². The Bertz CT molecular complexity index is 686. The van der Waals surface area contributed by atoms with Crippen molar-refractivity contribution in [2.75, 3.05) is 11.9 Å². The van der Waals surface area contributed by atoms with Gasteiger partial charge < -0.3 is 14.6 Å². The number of aryl methyl sites for hydroxylation is 3. The molecule has 2 rings (SSSR count). The number of carbonyl (C=O) groups excluding carboxylic acids is 2. The summed E-state index contributed by atoms with van der Waals surface area (Å²) in [5.74, 6) is -0.0440. The molecule has 0 unspecified atom stereocenters. The van der Waals surface area contributed by atoms with Crippen LogP contribution in [0.1, 0.15) is 39.3 Å². The van der Waals surface area contributed by atoms with Crippen LogP contribution in [0.5, 0.6) is 0 Å². The van der Waals surface area contributed by atoms with Crippen LogP contribution < -0.4 is 5.32 Å². The maximum atomic E-state index is 12.1. The van der Waals surface area contributed by atoms with Gasteiger partial charge in [0.2, 0.25) is 5.91 Å². The first-order valence-corrected chi connectivity index (χ1v) is 7.60. The number of rotatable bonds is 5. The van der Waals surface area contributed by atoms with Gasteiger partial charge in [-0.3, -0.25) is 4.79 Å². The van der Waals surface area contributed by atoms with Crippen LogP contribution in [0.25, 0.3) is 0 Å². The summed E-state index contributed by atoms with van der Waals surface area (Å²) < 4.78 is 9.97. The van der Waals surface area contributed by atoms with Gasteiger partial charge in [-0.15, -0.1) is 0 Å². The van der Waals surface area contributed by atoms with Gasteiger partial charge in [-0.05, 0) is 27.7 Å². The number of hydrogen-bond acceptors (Lipinski definition) is 7. The molecule has 0 bridgehead atoms. The third-order valence-corrected chi connectivity index (χ3v) is 4.08. The van der Waals surface area contributed by atoms with E-state index in [2.05, 4.69) is 15.5 Å². The van der Waals surface area contributed by atoms with Crippen LogP contribution in [0.3, 0.4) is 0 Å². The molecule has 2 aromatic heterocycles. The monoisotopic (exact) mass is 323 g/mol. The van der Waals surface area contributed by atoms with E-state index in [9.17, 15) is 9.59 Å².